The Balaban J connectivity index is 2.11. The number of amides is 1. The molecule has 1 atom stereocenters. The molecular weight excluding hydrogens is 276 g/mol. The van der Waals surface area contributed by atoms with Crippen LogP contribution in [-0.4, -0.2) is 41.9 Å². The van der Waals surface area contributed by atoms with Gasteiger partial charge in [0, 0.05) is 11.6 Å². The number of aliphatic hydroxyl groups excluding tert-OH is 1. The van der Waals surface area contributed by atoms with E-state index in [1.165, 1.54) is 13.2 Å². The number of carbonyl (C=O) groups is 2. The van der Waals surface area contributed by atoms with Gasteiger partial charge in [-0.3, -0.25) is 4.79 Å². The van der Waals surface area contributed by atoms with Crippen LogP contribution in [0.1, 0.15) is 10.5 Å². The van der Waals surface area contributed by atoms with Crippen molar-refractivity contribution in [2.75, 3.05) is 13.7 Å². The molecule has 21 heavy (non-hydrogen) atoms. The van der Waals surface area contributed by atoms with Crippen LogP contribution in [0.4, 0.5) is 0 Å². The number of methoxy groups -OCH3 is 1. The molecule has 0 aliphatic carbocycles. The van der Waals surface area contributed by atoms with Crippen molar-refractivity contribution < 1.29 is 24.0 Å². The van der Waals surface area contributed by atoms with Crippen molar-refractivity contribution >= 4 is 11.9 Å². The van der Waals surface area contributed by atoms with Crippen LogP contribution in [0, 0.1) is 0 Å². The van der Waals surface area contributed by atoms with Gasteiger partial charge in [-0.1, -0.05) is 35.5 Å². The predicted molar refractivity (Wildman–Crippen MR) is 72.3 cm³/mol. The predicted octanol–water partition coefficient (Wildman–Crippen LogP) is 0.605. The first kappa shape index (κ1) is 14.7. The Kier molecular flexibility index (Phi) is 4.68. The van der Waals surface area contributed by atoms with Crippen LogP contribution < -0.4 is 5.32 Å². The topological polar surface area (TPSA) is 102 Å². The van der Waals surface area contributed by atoms with Crippen LogP contribution in [0.15, 0.2) is 40.9 Å². The van der Waals surface area contributed by atoms with E-state index in [1.54, 1.807) is 0 Å². The monoisotopic (exact) mass is 290 g/mol. The third kappa shape index (κ3) is 3.46. The van der Waals surface area contributed by atoms with E-state index >= 15 is 0 Å². The molecule has 0 radical (unpaired) electrons. The van der Waals surface area contributed by atoms with Gasteiger partial charge in [0.25, 0.3) is 5.91 Å². The van der Waals surface area contributed by atoms with Crippen molar-refractivity contribution in [2.45, 2.75) is 6.04 Å². The van der Waals surface area contributed by atoms with Crippen LogP contribution in [0.2, 0.25) is 0 Å². The van der Waals surface area contributed by atoms with Crippen LogP contribution in [-0.2, 0) is 9.53 Å². The van der Waals surface area contributed by atoms with Gasteiger partial charge in [-0.25, -0.2) is 4.79 Å². The zero-order valence-electron chi connectivity index (χ0n) is 11.3. The van der Waals surface area contributed by atoms with Gasteiger partial charge in [0.05, 0.1) is 13.7 Å². The summed E-state index contributed by atoms with van der Waals surface area (Å²) in [7, 11) is 1.17. The van der Waals surface area contributed by atoms with E-state index < -0.39 is 24.5 Å². The first-order valence-electron chi connectivity index (χ1n) is 6.17. The SMILES string of the molecule is COC(=O)C(CO)NC(=O)c1cc(-c2ccccc2)on1. The molecular formula is C14H14N2O5. The fourth-order valence-corrected chi connectivity index (χ4v) is 1.67. The maximum Gasteiger partial charge on any atom is 0.330 e. The molecule has 0 aliphatic rings. The van der Waals surface area contributed by atoms with Crippen molar-refractivity contribution in [1.82, 2.24) is 10.5 Å². The number of esters is 1. The fraction of sp³-hybridized carbons (Fsp3) is 0.214. The molecule has 0 bridgehead atoms. The summed E-state index contributed by atoms with van der Waals surface area (Å²) in [4.78, 5) is 23.2. The molecule has 0 aliphatic heterocycles. The molecule has 1 aromatic carbocycles. The number of nitrogens with one attached hydrogen (secondary N) is 1. The number of ether oxygens (including phenoxy) is 1. The van der Waals surface area contributed by atoms with E-state index in [0.29, 0.717) is 5.76 Å². The molecule has 7 heteroatoms. The molecule has 1 aromatic heterocycles. The Morgan fingerprint density at radius 3 is 2.71 bits per heavy atom. The normalized spacial score (nSPS) is 11.7. The van der Waals surface area contributed by atoms with Crippen molar-refractivity contribution in [3.05, 3.63) is 42.1 Å². The molecule has 1 amide bonds. The number of benzene rings is 1. The fourth-order valence-electron chi connectivity index (χ4n) is 1.67. The average molecular weight is 290 g/mol. The van der Waals surface area contributed by atoms with Gasteiger partial charge in [0.15, 0.2) is 17.5 Å². The number of hydrogen-bond donors (Lipinski definition) is 2. The quantitative estimate of drug-likeness (QED) is 0.782. The highest BCUT2D eigenvalue weighted by molar-refractivity contribution is 5.95. The minimum Gasteiger partial charge on any atom is -0.467 e. The number of nitrogens with zero attached hydrogens (tertiary/aromatic N) is 1. The highest BCUT2D eigenvalue weighted by Crippen LogP contribution is 2.19. The summed E-state index contributed by atoms with van der Waals surface area (Å²) in [6.07, 6.45) is 0. The Hall–Kier alpha value is -2.67. The lowest BCUT2D eigenvalue weighted by atomic mass is 10.1. The summed E-state index contributed by atoms with van der Waals surface area (Å²) in [6.45, 7) is -0.568. The Morgan fingerprint density at radius 1 is 1.38 bits per heavy atom. The lowest BCUT2D eigenvalue weighted by Crippen LogP contribution is -2.44. The Labute approximate surface area is 120 Å². The molecule has 0 fully saturated rings. The molecule has 0 spiro atoms. The third-order valence-corrected chi connectivity index (χ3v) is 2.77. The van der Waals surface area contributed by atoms with Gasteiger partial charge in [-0.15, -0.1) is 0 Å². The minimum absolute atomic E-state index is 0.0104. The van der Waals surface area contributed by atoms with Crippen LogP contribution in [0.25, 0.3) is 11.3 Å². The maximum absolute atomic E-state index is 11.9. The van der Waals surface area contributed by atoms with Gasteiger partial charge in [0.1, 0.15) is 0 Å². The van der Waals surface area contributed by atoms with E-state index in [4.69, 9.17) is 9.63 Å². The van der Waals surface area contributed by atoms with Crippen LogP contribution in [0.5, 0.6) is 0 Å². The van der Waals surface area contributed by atoms with Gasteiger partial charge in [-0.05, 0) is 0 Å². The largest absolute Gasteiger partial charge is 0.467 e. The highest BCUT2D eigenvalue weighted by Gasteiger charge is 2.23. The smallest absolute Gasteiger partial charge is 0.330 e. The van der Waals surface area contributed by atoms with Crippen molar-refractivity contribution in [3.63, 3.8) is 0 Å². The second-order valence-electron chi connectivity index (χ2n) is 4.17. The van der Waals surface area contributed by atoms with Gasteiger partial charge >= 0.3 is 5.97 Å². The molecule has 2 N–H and O–H groups in total. The van der Waals surface area contributed by atoms with Crippen molar-refractivity contribution in [2.24, 2.45) is 0 Å². The van der Waals surface area contributed by atoms with E-state index in [9.17, 15) is 9.59 Å². The Morgan fingerprint density at radius 2 is 2.10 bits per heavy atom. The number of rotatable bonds is 5. The van der Waals surface area contributed by atoms with Crippen molar-refractivity contribution in [1.29, 1.82) is 0 Å². The highest BCUT2D eigenvalue weighted by atomic mass is 16.5. The summed E-state index contributed by atoms with van der Waals surface area (Å²) < 4.78 is 9.54. The minimum atomic E-state index is -1.14. The van der Waals surface area contributed by atoms with E-state index in [1.807, 2.05) is 30.3 Å². The molecule has 110 valence electrons. The summed E-state index contributed by atoms with van der Waals surface area (Å²) >= 11 is 0. The van der Waals surface area contributed by atoms with Gasteiger partial charge in [-0.2, -0.15) is 0 Å². The van der Waals surface area contributed by atoms with E-state index in [-0.39, 0.29) is 5.69 Å². The number of aromatic nitrogens is 1. The van der Waals surface area contributed by atoms with E-state index in [2.05, 4.69) is 15.2 Å². The number of hydrogen-bond acceptors (Lipinski definition) is 6. The first-order chi connectivity index (χ1) is 10.2. The van der Waals surface area contributed by atoms with Crippen LogP contribution in [0.3, 0.4) is 0 Å². The average Bonchev–Trinajstić information content (AvgIpc) is 3.02. The molecule has 2 rings (SSSR count). The zero-order valence-corrected chi connectivity index (χ0v) is 11.3. The first-order valence-corrected chi connectivity index (χ1v) is 6.17. The molecule has 1 heterocycles. The summed E-state index contributed by atoms with van der Waals surface area (Å²) in [5.41, 5.74) is 0.784. The second-order valence-corrected chi connectivity index (χ2v) is 4.17. The van der Waals surface area contributed by atoms with Crippen molar-refractivity contribution in [3.8, 4) is 11.3 Å². The second kappa shape index (κ2) is 6.67. The molecule has 0 saturated carbocycles. The van der Waals surface area contributed by atoms with Gasteiger partial charge < -0.3 is 19.7 Å². The standard InChI is InChI=1S/C14H14N2O5/c1-20-14(19)11(8-17)15-13(18)10-7-12(21-16-10)9-5-3-2-4-6-9/h2-7,11,17H,8H2,1H3,(H,15,18). The molecule has 7 nitrogen and oxygen atoms in total. The lowest BCUT2D eigenvalue weighted by molar-refractivity contribution is -0.143. The lowest BCUT2D eigenvalue weighted by Gasteiger charge is -2.12. The summed E-state index contributed by atoms with van der Waals surface area (Å²) in [5, 5.41) is 15.0. The van der Waals surface area contributed by atoms with Crippen LogP contribution >= 0.6 is 0 Å². The number of carbonyl (C=O) groups excluding carboxylic acids is 2. The number of aliphatic hydroxyl groups is 1. The van der Waals surface area contributed by atoms with Gasteiger partial charge in [0.2, 0.25) is 0 Å². The summed E-state index contributed by atoms with van der Waals surface area (Å²) in [6, 6.07) is 9.46. The summed E-state index contributed by atoms with van der Waals surface area (Å²) in [5.74, 6) is -0.942. The molecule has 1 unspecified atom stereocenters. The zero-order chi connectivity index (χ0) is 15.2. The molecule has 0 saturated heterocycles. The Bertz CT molecular complexity index is 623. The molecule has 2 aromatic rings. The third-order valence-electron chi connectivity index (χ3n) is 2.77. The van der Waals surface area contributed by atoms with E-state index in [0.717, 1.165) is 5.56 Å². The maximum atomic E-state index is 11.9.